The van der Waals surface area contributed by atoms with Crippen LogP contribution >= 0.6 is 0 Å². The molecule has 0 bridgehead atoms. The number of aryl methyl sites for hydroxylation is 1. The number of rotatable bonds is 2. The maximum absolute atomic E-state index is 10.9. The normalized spacial score (nSPS) is 16.2. The van der Waals surface area contributed by atoms with Crippen molar-refractivity contribution in [1.29, 1.82) is 0 Å². The van der Waals surface area contributed by atoms with Gasteiger partial charge in [-0.2, -0.15) is 0 Å². The number of hydrogen-bond acceptors (Lipinski definition) is 6. The average molecular weight is 252 g/mol. The van der Waals surface area contributed by atoms with Crippen LogP contribution in [0.3, 0.4) is 0 Å². The molecule has 96 valence electrons. The molecule has 1 aliphatic rings. The highest BCUT2D eigenvalue weighted by molar-refractivity contribution is 6.28. The highest BCUT2D eigenvalue weighted by Gasteiger charge is 2.23. The Kier molecular flexibility index (Phi) is 3.42. The van der Waals surface area contributed by atoms with Gasteiger partial charge in [-0.05, 0) is 6.42 Å². The molecule has 0 amide bonds. The maximum atomic E-state index is 10.9. The van der Waals surface area contributed by atoms with Gasteiger partial charge in [0.2, 0.25) is 0 Å². The van der Waals surface area contributed by atoms with Crippen molar-refractivity contribution in [3.8, 4) is 0 Å². The number of carboxylic acid groups (broad SMARTS) is 1. The number of hydrogen-bond donors (Lipinski definition) is 1. The summed E-state index contributed by atoms with van der Waals surface area (Å²) in [7, 11) is 0. The Morgan fingerprint density at radius 1 is 1.56 bits per heavy atom. The quantitative estimate of drug-likeness (QED) is 0.771. The number of aliphatic carboxylic acids is 1. The van der Waals surface area contributed by atoms with E-state index in [-0.39, 0.29) is 6.54 Å². The van der Waals surface area contributed by atoms with Gasteiger partial charge in [0.15, 0.2) is 11.7 Å². The molecule has 1 N–H and O–H groups in total. The zero-order valence-electron chi connectivity index (χ0n) is 9.75. The van der Waals surface area contributed by atoms with Gasteiger partial charge in [0.05, 0.1) is 12.7 Å². The third kappa shape index (κ3) is 2.75. The topological polar surface area (TPSA) is 92.9 Å². The molecule has 0 unspecified atom stereocenters. The van der Waals surface area contributed by atoms with E-state index >= 15 is 0 Å². The van der Waals surface area contributed by atoms with Gasteiger partial charge in [0.25, 0.3) is 0 Å². The summed E-state index contributed by atoms with van der Waals surface area (Å²) in [4.78, 5) is 30.0. The summed E-state index contributed by atoms with van der Waals surface area (Å²) in [6, 6.07) is 0. The number of nitrogens with zero attached hydrogens (tertiary/aromatic N) is 2. The smallest absolute Gasteiger partial charge is 0.436 e. The fourth-order valence-corrected chi connectivity index (χ4v) is 1.64. The van der Waals surface area contributed by atoms with Crippen LogP contribution in [0.4, 0.5) is 0 Å². The summed E-state index contributed by atoms with van der Waals surface area (Å²) in [5.41, 5.74) is 0.819. The van der Waals surface area contributed by atoms with E-state index in [2.05, 4.69) is 4.98 Å². The maximum Gasteiger partial charge on any atom is 0.436 e. The van der Waals surface area contributed by atoms with E-state index in [4.69, 9.17) is 14.4 Å². The van der Waals surface area contributed by atoms with E-state index in [1.807, 2.05) is 6.08 Å². The molecule has 1 aromatic rings. The SMILES string of the molecule is Cc1ncc(C2=CCCN(OC(=O)C(=O)O)C2)o1. The third-order valence-corrected chi connectivity index (χ3v) is 2.44. The number of oxazole rings is 1. The first kappa shape index (κ1) is 12.3. The Labute approximate surface area is 103 Å². The summed E-state index contributed by atoms with van der Waals surface area (Å²) >= 11 is 0. The fraction of sp³-hybridized carbons (Fsp3) is 0.364. The molecule has 0 saturated carbocycles. The van der Waals surface area contributed by atoms with Crippen LogP contribution in [-0.2, 0) is 14.4 Å². The van der Waals surface area contributed by atoms with Gasteiger partial charge in [0.1, 0.15) is 0 Å². The van der Waals surface area contributed by atoms with Gasteiger partial charge in [-0.25, -0.2) is 14.6 Å². The van der Waals surface area contributed by atoms with Gasteiger partial charge >= 0.3 is 11.9 Å². The van der Waals surface area contributed by atoms with Gasteiger partial charge in [-0.3, -0.25) is 0 Å². The zero-order chi connectivity index (χ0) is 13.1. The van der Waals surface area contributed by atoms with Crippen molar-refractivity contribution in [1.82, 2.24) is 10.0 Å². The molecule has 2 rings (SSSR count). The van der Waals surface area contributed by atoms with Crippen LogP contribution in [0, 0.1) is 6.92 Å². The van der Waals surface area contributed by atoms with Crippen molar-refractivity contribution in [2.75, 3.05) is 13.1 Å². The molecule has 18 heavy (non-hydrogen) atoms. The molecule has 0 saturated heterocycles. The first-order valence-corrected chi connectivity index (χ1v) is 5.38. The van der Waals surface area contributed by atoms with Gasteiger partial charge in [0, 0.05) is 19.0 Å². The molecule has 0 spiro atoms. The van der Waals surface area contributed by atoms with E-state index in [0.717, 1.165) is 5.57 Å². The van der Waals surface area contributed by atoms with E-state index in [9.17, 15) is 9.59 Å². The minimum absolute atomic E-state index is 0.285. The predicted octanol–water partition coefficient (Wildman–Crippen LogP) is 0.615. The first-order valence-electron chi connectivity index (χ1n) is 5.38. The number of aromatic nitrogens is 1. The van der Waals surface area contributed by atoms with Crippen molar-refractivity contribution in [3.63, 3.8) is 0 Å². The van der Waals surface area contributed by atoms with Gasteiger partial charge in [-0.1, -0.05) is 6.08 Å². The molecule has 0 fully saturated rings. The summed E-state index contributed by atoms with van der Waals surface area (Å²) in [6.07, 6.45) is 4.18. The Hall–Kier alpha value is -2.15. The van der Waals surface area contributed by atoms with Crippen molar-refractivity contribution < 1.29 is 24.0 Å². The highest BCUT2D eigenvalue weighted by atomic mass is 16.7. The Morgan fingerprint density at radius 3 is 2.94 bits per heavy atom. The molecule has 2 heterocycles. The lowest BCUT2D eigenvalue weighted by atomic mass is 10.1. The number of carbonyl (C=O) groups excluding carboxylic acids is 1. The van der Waals surface area contributed by atoms with Crippen LogP contribution in [0.15, 0.2) is 16.7 Å². The Morgan fingerprint density at radius 2 is 2.33 bits per heavy atom. The van der Waals surface area contributed by atoms with E-state index in [1.165, 1.54) is 5.06 Å². The standard InChI is InChI=1S/C11H12N2O5/c1-7-12-5-9(17-7)8-3-2-4-13(6-8)18-11(16)10(14)15/h3,5H,2,4,6H2,1H3,(H,14,15). The predicted molar refractivity (Wildman–Crippen MR) is 59.1 cm³/mol. The molecule has 0 radical (unpaired) electrons. The summed E-state index contributed by atoms with van der Waals surface area (Å²) < 4.78 is 5.36. The molecule has 0 aliphatic carbocycles. The lowest BCUT2D eigenvalue weighted by Crippen LogP contribution is -2.34. The van der Waals surface area contributed by atoms with Crippen molar-refractivity contribution in [3.05, 3.63) is 23.9 Å². The van der Waals surface area contributed by atoms with Crippen molar-refractivity contribution in [2.45, 2.75) is 13.3 Å². The van der Waals surface area contributed by atoms with Gasteiger partial charge in [-0.15, -0.1) is 5.06 Å². The minimum atomic E-state index is -1.61. The van der Waals surface area contributed by atoms with E-state index in [1.54, 1.807) is 13.1 Å². The summed E-state index contributed by atoms with van der Waals surface area (Å²) in [6.45, 7) is 2.47. The van der Waals surface area contributed by atoms with Crippen LogP contribution in [0.25, 0.3) is 5.57 Å². The lowest BCUT2D eigenvalue weighted by Gasteiger charge is -2.23. The van der Waals surface area contributed by atoms with Crippen molar-refractivity contribution >= 4 is 17.5 Å². The molecule has 7 nitrogen and oxygen atoms in total. The largest absolute Gasteiger partial charge is 0.473 e. The molecular weight excluding hydrogens is 240 g/mol. The molecule has 1 aliphatic heterocycles. The third-order valence-electron chi connectivity index (χ3n) is 2.44. The number of carboxylic acids is 1. The highest BCUT2D eigenvalue weighted by Crippen LogP contribution is 2.21. The Balaban J connectivity index is 2.02. The van der Waals surface area contributed by atoms with Gasteiger partial charge < -0.3 is 14.4 Å². The second-order valence-corrected chi connectivity index (χ2v) is 3.81. The zero-order valence-corrected chi connectivity index (χ0v) is 9.75. The van der Waals surface area contributed by atoms with E-state index < -0.39 is 11.9 Å². The van der Waals surface area contributed by atoms with E-state index in [0.29, 0.717) is 24.6 Å². The monoisotopic (exact) mass is 252 g/mol. The lowest BCUT2D eigenvalue weighted by molar-refractivity contribution is -0.195. The van der Waals surface area contributed by atoms with Crippen LogP contribution in [0.2, 0.25) is 0 Å². The average Bonchev–Trinajstić information content (AvgIpc) is 2.76. The molecule has 0 atom stereocenters. The summed E-state index contributed by atoms with van der Waals surface area (Å²) in [5, 5.41) is 9.75. The second kappa shape index (κ2) is 5.01. The molecular formula is C11H12N2O5. The fourth-order valence-electron chi connectivity index (χ4n) is 1.64. The molecule has 0 aromatic carbocycles. The number of hydroxylamine groups is 2. The number of carbonyl (C=O) groups is 2. The molecule has 1 aromatic heterocycles. The van der Waals surface area contributed by atoms with Crippen LogP contribution < -0.4 is 0 Å². The van der Waals surface area contributed by atoms with Crippen LogP contribution in [-0.4, -0.2) is 40.2 Å². The first-order chi connectivity index (χ1) is 8.56. The summed E-state index contributed by atoms with van der Waals surface area (Å²) in [5.74, 6) is -1.75. The van der Waals surface area contributed by atoms with Crippen LogP contribution in [0.1, 0.15) is 18.1 Å². The second-order valence-electron chi connectivity index (χ2n) is 3.81. The molecule has 7 heteroatoms. The van der Waals surface area contributed by atoms with Crippen molar-refractivity contribution in [2.24, 2.45) is 0 Å². The van der Waals surface area contributed by atoms with Crippen LogP contribution in [0.5, 0.6) is 0 Å². The minimum Gasteiger partial charge on any atom is -0.473 e. The Bertz CT molecular complexity index is 505.